The Kier molecular flexibility index (Phi) is 5.17. The van der Waals surface area contributed by atoms with Crippen molar-refractivity contribution in [3.63, 3.8) is 0 Å². The van der Waals surface area contributed by atoms with E-state index in [9.17, 15) is 13.2 Å². The van der Waals surface area contributed by atoms with Crippen molar-refractivity contribution in [1.29, 1.82) is 0 Å². The zero-order valence-electron chi connectivity index (χ0n) is 13.1. The number of primary sulfonamides is 1. The van der Waals surface area contributed by atoms with Crippen LogP contribution in [0.25, 0.3) is 0 Å². The summed E-state index contributed by atoms with van der Waals surface area (Å²) in [6.45, 7) is 5.02. The van der Waals surface area contributed by atoms with Gasteiger partial charge >= 0.3 is 0 Å². The highest BCUT2D eigenvalue weighted by Crippen LogP contribution is 2.09. The maximum absolute atomic E-state index is 12.0. The number of benzene rings is 1. The summed E-state index contributed by atoms with van der Waals surface area (Å²) in [7, 11) is -3.67. The highest BCUT2D eigenvalue weighted by molar-refractivity contribution is 7.89. The van der Waals surface area contributed by atoms with E-state index in [0.29, 0.717) is 18.7 Å². The fourth-order valence-corrected chi connectivity index (χ4v) is 2.71. The molecule has 0 saturated heterocycles. The minimum Gasteiger partial charge on any atom is -0.350 e. The molecule has 0 aliphatic rings. The molecule has 0 unspecified atom stereocenters. The van der Waals surface area contributed by atoms with Crippen LogP contribution in [0.5, 0.6) is 0 Å². The van der Waals surface area contributed by atoms with Gasteiger partial charge in [-0.1, -0.05) is 12.1 Å². The third kappa shape index (κ3) is 4.40. The zero-order chi connectivity index (χ0) is 17.0. The molecule has 0 atom stereocenters. The standard InChI is InChI=1S/C15H20N4O3S/c1-3-19-11(2)10-14(18-19)15(20)17-9-8-12-4-6-13(7-5-12)23(16,21)22/h4-7,10H,3,8-9H2,1-2H3,(H,17,20)(H2,16,21,22). The van der Waals surface area contributed by atoms with Crippen molar-refractivity contribution in [2.45, 2.75) is 31.7 Å². The molecule has 7 nitrogen and oxygen atoms in total. The molecule has 0 spiro atoms. The predicted molar refractivity (Wildman–Crippen MR) is 86.5 cm³/mol. The van der Waals surface area contributed by atoms with Crippen molar-refractivity contribution in [3.8, 4) is 0 Å². The lowest BCUT2D eigenvalue weighted by atomic mass is 10.1. The Bertz CT molecular complexity index is 795. The molecule has 3 N–H and O–H groups in total. The van der Waals surface area contributed by atoms with Crippen LogP contribution in [0.4, 0.5) is 0 Å². The van der Waals surface area contributed by atoms with Crippen LogP contribution in [0, 0.1) is 6.92 Å². The molecule has 0 bridgehead atoms. The molecule has 0 fully saturated rings. The molecule has 2 rings (SSSR count). The number of amides is 1. The number of aryl methyl sites for hydroxylation is 2. The number of rotatable bonds is 6. The topological polar surface area (TPSA) is 107 Å². The van der Waals surface area contributed by atoms with Crippen molar-refractivity contribution in [2.24, 2.45) is 5.14 Å². The lowest BCUT2D eigenvalue weighted by Crippen LogP contribution is -2.26. The van der Waals surface area contributed by atoms with E-state index in [1.165, 1.54) is 12.1 Å². The van der Waals surface area contributed by atoms with Crippen LogP contribution in [0.1, 0.15) is 28.7 Å². The van der Waals surface area contributed by atoms with E-state index in [1.807, 2.05) is 13.8 Å². The lowest BCUT2D eigenvalue weighted by molar-refractivity contribution is 0.0948. The summed E-state index contributed by atoms with van der Waals surface area (Å²) < 4.78 is 24.1. The Morgan fingerprint density at radius 2 is 1.96 bits per heavy atom. The van der Waals surface area contributed by atoms with Crippen LogP contribution in [0.2, 0.25) is 0 Å². The van der Waals surface area contributed by atoms with Gasteiger partial charge in [0.05, 0.1) is 4.90 Å². The van der Waals surface area contributed by atoms with Gasteiger partial charge in [-0.2, -0.15) is 5.10 Å². The molecule has 124 valence electrons. The Morgan fingerprint density at radius 1 is 1.30 bits per heavy atom. The Labute approximate surface area is 135 Å². The Morgan fingerprint density at radius 3 is 2.48 bits per heavy atom. The highest BCUT2D eigenvalue weighted by atomic mass is 32.2. The Hall–Kier alpha value is -2.19. The second kappa shape index (κ2) is 6.93. The van der Waals surface area contributed by atoms with E-state index in [4.69, 9.17) is 5.14 Å². The summed E-state index contributed by atoms with van der Waals surface area (Å²) in [5, 5.41) is 12.1. The number of sulfonamides is 1. The number of hydrogen-bond donors (Lipinski definition) is 2. The largest absolute Gasteiger partial charge is 0.350 e. The van der Waals surface area contributed by atoms with Crippen LogP contribution in [0.3, 0.4) is 0 Å². The van der Waals surface area contributed by atoms with Gasteiger partial charge in [-0.3, -0.25) is 9.48 Å². The van der Waals surface area contributed by atoms with Crippen molar-refractivity contribution >= 4 is 15.9 Å². The van der Waals surface area contributed by atoms with E-state index < -0.39 is 10.0 Å². The molecule has 0 radical (unpaired) electrons. The van der Waals surface area contributed by atoms with Crippen molar-refractivity contribution in [1.82, 2.24) is 15.1 Å². The van der Waals surface area contributed by atoms with E-state index in [0.717, 1.165) is 17.8 Å². The molecule has 1 aromatic carbocycles. The second-order valence-electron chi connectivity index (χ2n) is 5.18. The molecule has 1 amide bonds. The molecule has 0 aliphatic heterocycles. The van der Waals surface area contributed by atoms with Crippen LogP contribution < -0.4 is 10.5 Å². The van der Waals surface area contributed by atoms with Crippen LogP contribution in [-0.2, 0) is 23.0 Å². The summed E-state index contributed by atoms with van der Waals surface area (Å²) in [4.78, 5) is 12.1. The van der Waals surface area contributed by atoms with Gasteiger partial charge in [0.1, 0.15) is 5.69 Å². The summed E-state index contributed by atoms with van der Waals surface area (Å²) in [6, 6.07) is 8.03. The number of aromatic nitrogens is 2. The minimum atomic E-state index is -3.67. The molecule has 2 aromatic rings. The number of nitrogens with zero attached hydrogens (tertiary/aromatic N) is 2. The van der Waals surface area contributed by atoms with E-state index in [-0.39, 0.29) is 10.8 Å². The average molecular weight is 336 g/mol. The predicted octanol–water partition coefficient (Wildman–Crippen LogP) is 0.831. The first-order valence-corrected chi connectivity index (χ1v) is 8.80. The number of carbonyl (C=O) groups excluding carboxylic acids is 1. The molecule has 1 heterocycles. The normalized spacial score (nSPS) is 11.4. The first-order chi connectivity index (χ1) is 10.8. The summed E-state index contributed by atoms with van der Waals surface area (Å²) >= 11 is 0. The molecular weight excluding hydrogens is 316 g/mol. The van der Waals surface area contributed by atoms with E-state index >= 15 is 0 Å². The van der Waals surface area contributed by atoms with Gasteiger partial charge in [-0.05, 0) is 44.0 Å². The molecular formula is C15H20N4O3S. The first kappa shape index (κ1) is 17.2. The fraction of sp³-hybridized carbons (Fsp3) is 0.333. The van der Waals surface area contributed by atoms with Gasteiger partial charge in [0.2, 0.25) is 10.0 Å². The molecule has 0 aliphatic carbocycles. The summed E-state index contributed by atoms with van der Waals surface area (Å²) in [5.41, 5.74) is 2.25. The number of nitrogens with one attached hydrogen (secondary N) is 1. The van der Waals surface area contributed by atoms with Gasteiger partial charge in [0.15, 0.2) is 0 Å². The molecule has 8 heteroatoms. The maximum Gasteiger partial charge on any atom is 0.271 e. The van der Waals surface area contributed by atoms with E-state index in [1.54, 1.807) is 22.9 Å². The molecule has 1 aromatic heterocycles. The SMILES string of the molecule is CCn1nc(C(=O)NCCc2ccc(S(N)(=O)=O)cc2)cc1C. The van der Waals surface area contributed by atoms with E-state index in [2.05, 4.69) is 10.4 Å². The Balaban J connectivity index is 1.90. The van der Waals surface area contributed by atoms with Gasteiger partial charge < -0.3 is 5.32 Å². The minimum absolute atomic E-state index is 0.0749. The van der Waals surface area contributed by atoms with Crippen molar-refractivity contribution in [2.75, 3.05) is 6.54 Å². The van der Waals surface area contributed by atoms with Crippen LogP contribution >= 0.6 is 0 Å². The zero-order valence-corrected chi connectivity index (χ0v) is 13.9. The highest BCUT2D eigenvalue weighted by Gasteiger charge is 2.11. The van der Waals surface area contributed by atoms with Crippen LogP contribution in [-0.4, -0.2) is 30.7 Å². The fourth-order valence-electron chi connectivity index (χ4n) is 2.20. The monoisotopic (exact) mass is 336 g/mol. The van der Waals surface area contributed by atoms with Gasteiger partial charge in [0, 0.05) is 18.8 Å². The first-order valence-electron chi connectivity index (χ1n) is 7.25. The molecule has 0 saturated carbocycles. The number of nitrogens with two attached hydrogens (primary N) is 1. The number of hydrogen-bond acceptors (Lipinski definition) is 4. The van der Waals surface area contributed by atoms with Gasteiger partial charge in [-0.15, -0.1) is 0 Å². The second-order valence-corrected chi connectivity index (χ2v) is 6.74. The summed E-state index contributed by atoms with van der Waals surface area (Å²) in [5.74, 6) is -0.221. The molecule has 23 heavy (non-hydrogen) atoms. The third-order valence-electron chi connectivity index (χ3n) is 3.46. The van der Waals surface area contributed by atoms with Crippen LogP contribution in [0.15, 0.2) is 35.2 Å². The lowest BCUT2D eigenvalue weighted by Gasteiger charge is -2.05. The van der Waals surface area contributed by atoms with Gasteiger partial charge in [0.25, 0.3) is 5.91 Å². The van der Waals surface area contributed by atoms with Crippen molar-refractivity contribution < 1.29 is 13.2 Å². The maximum atomic E-state index is 12.0. The smallest absolute Gasteiger partial charge is 0.271 e. The number of carbonyl (C=O) groups is 1. The quantitative estimate of drug-likeness (QED) is 0.814. The van der Waals surface area contributed by atoms with Crippen molar-refractivity contribution in [3.05, 3.63) is 47.3 Å². The van der Waals surface area contributed by atoms with Gasteiger partial charge in [-0.25, -0.2) is 13.6 Å². The average Bonchev–Trinajstić information content (AvgIpc) is 2.88. The summed E-state index contributed by atoms with van der Waals surface area (Å²) in [6.07, 6.45) is 0.587. The third-order valence-corrected chi connectivity index (χ3v) is 4.39.